The Morgan fingerprint density at radius 2 is 2.05 bits per heavy atom. The summed E-state index contributed by atoms with van der Waals surface area (Å²) in [4.78, 5) is 0. The van der Waals surface area contributed by atoms with Gasteiger partial charge < -0.3 is 14.2 Å². The summed E-state index contributed by atoms with van der Waals surface area (Å²) in [6.07, 6.45) is 4.37. The molecule has 19 heavy (non-hydrogen) atoms. The van der Waals surface area contributed by atoms with Crippen LogP contribution in [0, 0.1) is 0 Å². The van der Waals surface area contributed by atoms with E-state index in [1.165, 1.54) is 11.1 Å². The molecular weight excluding hydrogens is 240 g/mol. The van der Waals surface area contributed by atoms with E-state index in [9.17, 15) is 0 Å². The minimum atomic E-state index is -0.0646. The highest BCUT2D eigenvalue weighted by atomic mass is 16.7. The normalized spacial score (nSPS) is 30.6. The minimum absolute atomic E-state index is 0.0524. The molecule has 0 spiro atoms. The SMILES string of the molecule is CC1(C)CCc2c(ccc3c2C2CCCOC2O3)O1. The van der Waals surface area contributed by atoms with Crippen molar-refractivity contribution >= 4 is 0 Å². The summed E-state index contributed by atoms with van der Waals surface area (Å²) in [7, 11) is 0. The van der Waals surface area contributed by atoms with Gasteiger partial charge >= 0.3 is 0 Å². The molecule has 0 N–H and O–H groups in total. The van der Waals surface area contributed by atoms with E-state index in [0.29, 0.717) is 5.92 Å². The Morgan fingerprint density at radius 3 is 2.95 bits per heavy atom. The molecule has 0 amide bonds. The minimum Gasteiger partial charge on any atom is -0.488 e. The van der Waals surface area contributed by atoms with E-state index in [1.807, 2.05) is 0 Å². The van der Waals surface area contributed by atoms with Gasteiger partial charge in [0.2, 0.25) is 6.29 Å². The van der Waals surface area contributed by atoms with Crippen LogP contribution < -0.4 is 9.47 Å². The molecule has 102 valence electrons. The second-order valence-electron chi connectivity index (χ2n) is 6.42. The van der Waals surface area contributed by atoms with Crippen LogP contribution in [0.25, 0.3) is 0 Å². The fourth-order valence-electron chi connectivity index (χ4n) is 3.54. The topological polar surface area (TPSA) is 27.7 Å². The van der Waals surface area contributed by atoms with E-state index >= 15 is 0 Å². The van der Waals surface area contributed by atoms with Crippen LogP contribution in [-0.2, 0) is 11.2 Å². The third kappa shape index (κ3) is 1.75. The van der Waals surface area contributed by atoms with Crippen LogP contribution in [0.2, 0.25) is 0 Å². The Hall–Kier alpha value is -1.22. The predicted octanol–water partition coefficient (Wildman–Crippen LogP) is 3.40. The molecule has 3 heteroatoms. The zero-order valence-corrected chi connectivity index (χ0v) is 11.6. The summed E-state index contributed by atoms with van der Waals surface area (Å²) < 4.78 is 17.8. The summed E-state index contributed by atoms with van der Waals surface area (Å²) in [5.74, 6) is 2.47. The van der Waals surface area contributed by atoms with Gasteiger partial charge in [-0.15, -0.1) is 0 Å². The fourth-order valence-corrected chi connectivity index (χ4v) is 3.54. The zero-order chi connectivity index (χ0) is 13.0. The molecule has 0 aliphatic carbocycles. The van der Waals surface area contributed by atoms with Gasteiger partial charge in [0, 0.05) is 11.1 Å². The monoisotopic (exact) mass is 260 g/mol. The summed E-state index contributed by atoms with van der Waals surface area (Å²) in [6.45, 7) is 5.14. The van der Waals surface area contributed by atoms with Crippen molar-refractivity contribution < 1.29 is 14.2 Å². The lowest BCUT2D eigenvalue weighted by Gasteiger charge is -2.34. The van der Waals surface area contributed by atoms with Crippen molar-refractivity contribution in [1.29, 1.82) is 0 Å². The van der Waals surface area contributed by atoms with Gasteiger partial charge in [-0.2, -0.15) is 0 Å². The molecule has 1 aromatic carbocycles. The van der Waals surface area contributed by atoms with Gasteiger partial charge in [0.05, 0.1) is 12.5 Å². The zero-order valence-electron chi connectivity index (χ0n) is 11.6. The van der Waals surface area contributed by atoms with Crippen molar-refractivity contribution in [2.24, 2.45) is 0 Å². The molecule has 3 nitrogen and oxygen atoms in total. The number of hydrogen-bond donors (Lipinski definition) is 0. The fraction of sp³-hybridized carbons (Fsp3) is 0.625. The third-order valence-corrected chi connectivity index (χ3v) is 4.52. The van der Waals surface area contributed by atoms with Crippen molar-refractivity contribution in [2.75, 3.05) is 6.61 Å². The van der Waals surface area contributed by atoms with E-state index in [1.54, 1.807) is 0 Å². The molecule has 0 aromatic heterocycles. The molecule has 0 saturated carbocycles. The molecule has 1 aromatic rings. The number of rotatable bonds is 0. The third-order valence-electron chi connectivity index (χ3n) is 4.52. The Morgan fingerprint density at radius 1 is 1.21 bits per heavy atom. The average Bonchev–Trinajstić information content (AvgIpc) is 2.76. The lowest BCUT2D eigenvalue weighted by Crippen LogP contribution is -2.33. The van der Waals surface area contributed by atoms with E-state index in [4.69, 9.17) is 14.2 Å². The first-order valence-corrected chi connectivity index (χ1v) is 7.27. The maximum absolute atomic E-state index is 6.13. The number of fused-ring (bicyclic) bond motifs is 5. The van der Waals surface area contributed by atoms with Gasteiger partial charge in [-0.25, -0.2) is 0 Å². The summed E-state index contributed by atoms with van der Waals surface area (Å²) in [5.41, 5.74) is 2.66. The van der Waals surface area contributed by atoms with Crippen molar-refractivity contribution in [1.82, 2.24) is 0 Å². The Kier molecular flexibility index (Phi) is 2.37. The molecule has 3 aliphatic heterocycles. The van der Waals surface area contributed by atoms with Crippen LogP contribution in [-0.4, -0.2) is 18.5 Å². The van der Waals surface area contributed by atoms with Crippen LogP contribution in [0.15, 0.2) is 12.1 Å². The predicted molar refractivity (Wildman–Crippen MR) is 71.8 cm³/mol. The van der Waals surface area contributed by atoms with E-state index in [0.717, 1.165) is 43.8 Å². The van der Waals surface area contributed by atoms with E-state index in [-0.39, 0.29) is 11.9 Å². The number of ether oxygens (including phenoxy) is 3. The Bertz CT molecular complexity index is 521. The van der Waals surface area contributed by atoms with Gasteiger partial charge in [0.25, 0.3) is 0 Å². The first kappa shape index (κ1) is 11.6. The molecule has 2 unspecified atom stereocenters. The van der Waals surface area contributed by atoms with Gasteiger partial charge in [-0.3, -0.25) is 0 Å². The number of benzene rings is 1. The highest BCUT2D eigenvalue weighted by molar-refractivity contribution is 5.54. The van der Waals surface area contributed by atoms with Gasteiger partial charge in [0.1, 0.15) is 17.1 Å². The first-order chi connectivity index (χ1) is 9.14. The second-order valence-corrected chi connectivity index (χ2v) is 6.42. The summed E-state index contributed by atoms with van der Waals surface area (Å²) in [5, 5.41) is 0. The molecule has 2 atom stereocenters. The van der Waals surface area contributed by atoms with Gasteiger partial charge in [0.15, 0.2) is 0 Å². The maximum Gasteiger partial charge on any atom is 0.206 e. The van der Waals surface area contributed by atoms with E-state index < -0.39 is 0 Å². The van der Waals surface area contributed by atoms with Crippen LogP contribution in [0.3, 0.4) is 0 Å². The van der Waals surface area contributed by atoms with Gasteiger partial charge in [-0.1, -0.05) is 0 Å². The first-order valence-electron chi connectivity index (χ1n) is 7.27. The Labute approximate surface area is 113 Å². The van der Waals surface area contributed by atoms with Crippen LogP contribution in [0.5, 0.6) is 11.5 Å². The Balaban J connectivity index is 1.78. The standard InChI is InChI=1S/C16H20O3/c1-16(2)8-7-10-12(19-16)5-6-13-14(10)11-4-3-9-17-15(11)18-13/h5-6,11,15H,3-4,7-9H2,1-2H3. The van der Waals surface area contributed by atoms with E-state index in [2.05, 4.69) is 26.0 Å². The summed E-state index contributed by atoms with van der Waals surface area (Å²) in [6, 6.07) is 4.11. The largest absolute Gasteiger partial charge is 0.488 e. The van der Waals surface area contributed by atoms with Crippen molar-refractivity contribution in [3.8, 4) is 11.5 Å². The quantitative estimate of drug-likeness (QED) is 0.715. The molecule has 3 aliphatic rings. The molecule has 1 fully saturated rings. The van der Waals surface area contributed by atoms with Crippen molar-refractivity contribution in [3.05, 3.63) is 23.3 Å². The van der Waals surface area contributed by atoms with Crippen LogP contribution >= 0.6 is 0 Å². The maximum atomic E-state index is 6.13. The molecule has 4 rings (SSSR count). The second kappa shape index (κ2) is 3.89. The number of hydrogen-bond acceptors (Lipinski definition) is 3. The molecular formula is C16H20O3. The molecule has 0 bridgehead atoms. The highest BCUT2D eigenvalue weighted by Gasteiger charge is 2.41. The van der Waals surface area contributed by atoms with Crippen molar-refractivity contribution in [3.63, 3.8) is 0 Å². The average molecular weight is 260 g/mol. The molecule has 3 heterocycles. The molecule has 1 saturated heterocycles. The van der Waals surface area contributed by atoms with Gasteiger partial charge in [-0.05, 0) is 51.7 Å². The highest BCUT2D eigenvalue weighted by Crippen LogP contribution is 2.49. The van der Waals surface area contributed by atoms with Crippen LogP contribution in [0.4, 0.5) is 0 Å². The van der Waals surface area contributed by atoms with Crippen molar-refractivity contribution in [2.45, 2.75) is 57.3 Å². The lowest BCUT2D eigenvalue weighted by atomic mass is 9.84. The lowest BCUT2D eigenvalue weighted by molar-refractivity contribution is -0.104. The molecule has 0 radical (unpaired) electrons. The summed E-state index contributed by atoms with van der Waals surface area (Å²) >= 11 is 0. The van der Waals surface area contributed by atoms with Crippen LogP contribution in [0.1, 0.15) is 50.2 Å². The smallest absolute Gasteiger partial charge is 0.206 e.